The van der Waals surface area contributed by atoms with E-state index in [9.17, 15) is 9.59 Å². The first-order valence-corrected chi connectivity index (χ1v) is 12.7. The van der Waals surface area contributed by atoms with E-state index in [1.165, 1.54) is 11.8 Å². The minimum absolute atomic E-state index is 0.0700. The van der Waals surface area contributed by atoms with Gasteiger partial charge in [0.25, 0.3) is 0 Å². The van der Waals surface area contributed by atoms with Crippen molar-refractivity contribution in [3.63, 3.8) is 0 Å². The summed E-state index contributed by atoms with van der Waals surface area (Å²) in [4.78, 5) is 28.7. The van der Waals surface area contributed by atoms with E-state index >= 15 is 0 Å². The van der Waals surface area contributed by atoms with Gasteiger partial charge in [0.05, 0.1) is 23.6 Å². The topological polar surface area (TPSA) is 68.3 Å². The maximum Gasteiger partial charge on any atom is 0.410 e. The van der Waals surface area contributed by atoms with Crippen molar-refractivity contribution in [1.82, 2.24) is 9.80 Å². The van der Waals surface area contributed by atoms with Gasteiger partial charge in [0.15, 0.2) is 6.10 Å². The van der Waals surface area contributed by atoms with E-state index in [0.717, 1.165) is 28.4 Å². The van der Waals surface area contributed by atoms with E-state index in [-0.39, 0.29) is 24.1 Å². The van der Waals surface area contributed by atoms with Gasteiger partial charge in [0.1, 0.15) is 18.1 Å². The van der Waals surface area contributed by atoms with Gasteiger partial charge in [0.2, 0.25) is 5.91 Å². The van der Waals surface area contributed by atoms with Crippen molar-refractivity contribution < 1.29 is 23.8 Å². The van der Waals surface area contributed by atoms with Gasteiger partial charge in [-0.1, -0.05) is 42.5 Å². The second kappa shape index (κ2) is 11.6. The molecular weight excluding hydrogens is 472 g/mol. The highest BCUT2D eigenvalue weighted by molar-refractivity contribution is 8.24. The van der Waals surface area contributed by atoms with Crippen LogP contribution in [0.15, 0.2) is 54.6 Å². The van der Waals surface area contributed by atoms with Crippen molar-refractivity contribution in [3.8, 4) is 11.5 Å². The highest BCUT2D eigenvalue weighted by atomic mass is 32.2. The molecule has 2 fully saturated rings. The number of carbonyl (C=O) groups excluding carboxylic acids is 2. The Kier molecular flexibility index (Phi) is 8.29. The number of thioether (sulfide) groups is 1. The fraction of sp³-hybridized carbons (Fsp3) is 0.400. The molecule has 0 spiro atoms. The molecule has 1 atom stereocenters. The summed E-state index contributed by atoms with van der Waals surface area (Å²) in [5, 5.41) is 0. The molecule has 4 rings (SSSR count). The van der Waals surface area contributed by atoms with Crippen LogP contribution < -0.4 is 9.47 Å². The zero-order chi connectivity index (χ0) is 23.9. The number of cyclic esters (lactones) is 1. The van der Waals surface area contributed by atoms with Crippen LogP contribution in [0.2, 0.25) is 0 Å². The van der Waals surface area contributed by atoms with Crippen LogP contribution in [0, 0.1) is 0 Å². The SMILES string of the molecule is COc1ccc(OCC2CN(C3CCN(C(=O)CSC(=S)c4ccccc4)CC3)C(=O)O2)cc1. The Bertz CT molecular complexity index is 994. The summed E-state index contributed by atoms with van der Waals surface area (Å²) in [5.74, 6) is 1.87. The summed E-state index contributed by atoms with van der Waals surface area (Å²) < 4.78 is 17.2. The van der Waals surface area contributed by atoms with Gasteiger partial charge in [-0.15, -0.1) is 11.8 Å². The molecule has 2 saturated heterocycles. The standard InChI is InChI=1S/C25H28N2O5S2/c1-30-20-7-9-21(10-8-20)31-16-22-15-27(25(29)32-22)19-11-13-26(14-12-19)23(28)17-34-24(33)18-5-3-2-4-6-18/h2-10,19,22H,11-17H2,1H3. The van der Waals surface area contributed by atoms with E-state index in [4.69, 9.17) is 26.4 Å². The summed E-state index contributed by atoms with van der Waals surface area (Å²) in [7, 11) is 1.61. The van der Waals surface area contributed by atoms with Crippen molar-refractivity contribution in [2.45, 2.75) is 25.0 Å². The Morgan fingerprint density at radius 1 is 1.09 bits per heavy atom. The normalized spacial score (nSPS) is 18.5. The number of rotatable bonds is 8. The highest BCUT2D eigenvalue weighted by Crippen LogP contribution is 2.24. The molecule has 0 saturated carbocycles. The zero-order valence-corrected chi connectivity index (χ0v) is 20.7. The third-order valence-corrected chi connectivity index (χ3v) is 7.47. The van der Waals surface area contributed by atoms with E-state index in [1.807, 2.05) is 59.5 Å². The van der Waals surface area contributed by atoms with Crippen LogP contribution in [0.25, 0.3) is 0 Å². The van der Waals surface area contributed by atoms with Gasteiger partial charge in [-0.3, -0.25) is 4.79 Å². The number of methoxy groups -OCH3 is 1. The van der Waals surface area contributed by atoms with E-state index < -0.39 is 0 Å². The molecule has 2 aromatic rings. The average Bonchev–Trinajstić information content (AvgIpc) is 3.27. The number of thiocarbonyl (C=S) groups is 1. The van der Waals surface area contributed by atoms with Crippen LogP contribution >= 0.6 is 24.0 Å². The lowest BCUT2D eigenvalue weighted by Crippen LogP contribution is -2.47. The first kappa shape index (κ1) is 24.3. The molecule has 0 radical (unpaired) electrons. The van der Waals surface area contributed by atoms with E-state index in [1.54, 1.807) is 12.0 Å². The van der Waals surface area contributed by atoms with Crippen molar-refractivity contribution in [2.75, 3.05) is 39.1 Å². The second-order valence-corrected chi connectivity index (χ2v) is 9.85. The van der Waals surface area contributed by atoms with Gasteiger partial charge in [-0.25, -0.2) is 4.79 Å². The van der Waals surface area contributed by atoms with Crippen molar-refractivity contribution in [1.29, 1.82) is 0 Å². The molecule has 180 valence electrons. The molecule has 9 heteroatoms. The Morgan fingerprint density at radius 3 is 2.44 bits per heavy atom. The van der Waals surface area contributed by atoms with Gasteiger partial charge in [-0.05, 0) is 42.7 Å². The van der Waals surface area contributed by atoms with E-state index in [2.05, 4.69) is 0 Å². The Balaban J connectivity index is 1.19. The molecule has 1 unspecified atom stereocenters. The molecule has 0 aromatic heterocycles. The van der Waals surface area contributed by atoms with Crippen LogP contribution in [-0.4, -0.2) is 77.2 Å². The van der Waals surface area contributed by atoms with Crippen LogP contribution in [-0.2, 0) is 9.53 Å². The average molecular weight is 501 g/mol. The quantitative estimate of drug-likeness (QED) is 0.508. The molecule has 2 amide bonds. The Labute approximate surface area is 209 Å². The minimum Gasteiger partial charge on any atom is -0.497 e. The van der Waals surface area contributed by atoms with Crippen LogP contribution in [0.1, 0.15) is 18.4 Å². The third-order valence-electron chi connectivity index (χ3n) is 5.99. The molecule has 2 aliphatic rings. The number of carbonyl (C=O) groups is 2. The van der Waals surface area contributed by atoms with Crippen LogP contribution in [0.5, 0.6) is 11.5 Å². The number of likely N-dealkylation sites (tertiary alicyclic amines) is 1. The number of piperidine rings is 1. The van der Waals surface area contributed by atoms with Crippen molar-refractivity contribution >= 4 is 40.2 Å². The molecule has 2 heterocycles. The van der Waals surface area contributed by atoms with Gasteiger partial charge in [-0.2, -0.15) is 0 Å². The number of ether oxygens (including phenoxy) is 3. The number of benzene rings is 2. The summed E-state index contributed by atoms with van der Waals surface area (Å²) in [6.07, 6.45) is 0.850. The zero-order valence-electron chi connectivity index (χ0n) is 19.1. The minimum atomic E-state index is -0.315. The summed E-state index contributed by atoms with van der Waals surface area (Å²) in [6, 6.07) is 17.1. The number of amides is 2. The third kappa shape index (κ3) is 6.21. The molecular formula is C25H28N2O5S2. The molecule has 2 aromatic carbocycles. The summed E-state index contributed by atoms with van der Waals surface area (Å²) in [6.45, 7) is 2.04. The van der Waals surface area contributed by atoms with Crippen LogP contribution in [0.3, 0.4) is 0 Å². The Morgan fingerprint density at radius 2 is 1.76 bits per heavy atom. The lowest BCUT2D eigenvalue weighted by Gasteiger charge is -2.35. The van der Waals surface area contributed by atoms with E-state index in [0.29, 0.717) is 37.7 Å². The first-order chi connectivity index (χ1) is 16.5. The fourth-order valence-corrected chi connectivity index (χ4v) is 5.14. The predicted octanol–water partition coefficient (Wildman–Crippen LogP) is 3.99. The highest BCUT2D eigenvalue weighted by Gasteiger charge is 2.38. The monoisotopic (exact) mass is 500 g/mol. The van der Waals surface area contributed by atoms with Gasteiger partial charge in [0, 0.05) is 19.1 Å². The Hall–Kier alpha value is -2.78. The summed E-state index contributed by atoms with van der Waals surface area (Å²) >= 11 is 6.84. The molecule has 0 N–H and O–H groups in total. The number of nitrogens with zero attached hydrogens (tertiary/aromatic N) is 2. The lowest BCUT2D eigenvalue weighted by molar-refractivity contribution is -0.129. The van der Waals surface area contributed by atoms with Crippen molar-refractivity contribution in [3.05, 3.63) is 60.2 Å². The predicted molar refractivity (Wildman–Crippen MR) is 136 cm³/mol. The van der Waals surface area contributed by atoms with Gasteiger partial charge >= 0.3 is 6.09 Å². The number of hydrogen-bond donors (Lipinski definition) is 0. The largest absolute Gasteiger partial charge is 0.497 e. The molecule has 0 bridgehead atoms. The van der Waals surface area contributed by atoms with Gasteiger partial charge < -0.3 is 24.0 Å². The lowest BCUT2D eigenvalue weighted by atomic mass is 10.0. The maximum atomic E-state index is 12.7. The summed E-state index contributed by atoms with van der Waals surface area (Å²) in [5.41, 5.74) is 0.965. The van der Waals surface area contributed by atoms with Crippen molar-refractivity contribution in [2.24, 2.45) is 0 Å². The molecule has 34 heavy (non-hydrogen) atoms. The first-order valence-electron chi connectivity index (χ1n) is 11.3. The fourth-order valence-electron chi connectivity index (χ4n) is 4.09. The molecule has 2 aliphatic heterocycles. The van der Waals surface area contributed by atoms with Crippen LogP contribution in [0.4, 0.5) is 4.79 Å². The smallest absolute Gasteiger partial charge is 0.410 e. The second-order valence-electron chi connectivity index (χ2n) is 8.20. The molecule has 7 nitrogen and oxygen atoms in total. The maximum absolute atomic E-state index is 12.7. The molecule has 0 aliphatic carbocycles. The number of hydrogen-bond acceptors (Lipinski definition) is 7.